The van der Waals surface area contributed by atoms with Crippen LogP contribution < -0.4 is 10.6 Å². The van der Waals surface area contributed by atoms with Crippen LogP contribution in [0.25, 0.3) is 0 Å². The smallest absolute Gasteiger partial charge is 0.238 e. The van der Waals surface area contributed by atoms with Gasteiger partial charge in [-0.15, -0.1) is 0 Å². The number of nitrogens with zero attached hydrogens (tertiary/aromatic N) is 2. The third-order valence-electron chi connectivity index (χ3n) is 4.68. The quantitative estimate of drug-likeness (QED) is 0.750. The van der Waals surface area contributed by atoms with E-state index in [0.29, 0.717) is 43.0 Å². The lowest BCUT2D eigenvalue weighted by Gasteiger charge is -2.37. The average Bonchev–Trinajstić information content (AvgIpc) is 2.66. The van der Waals surface area contributed by atoms with E-state index >= 15 is 0 Å². The zero-order chi connectivity index (χ0) is 19.3. The lowest BCUT2D eigenvalue weighted by atomic mass is 9.88. The highest BCUT2D eigenvalue weighted by Gasteiger charge is 2.35. The number of benzene rings is 1. The number of likely N-dealkylation sites (tertiary alicyclic amines) is 1. The molecule has 0 aliphatic carbocycles. The number of hydrogen-bond donors (Lipinski definition) is 3. The second kappa shape index (κ2) is 8.28. The summed E-state index contributed by atoms with van der Waals surface area (Å²) in [6, 6.07) is 12.5. The first-order valence-electron chi connectivity index (χ1n) is 8.98. The van der Waals surface area contributed by atoms with Gasteiger partial charge in [-0.3, -0.25) is 19.5 Å². The molecule has 0 radical (unpaired) electrons. The van der Waals surface area contributed by atoms with Gasteiger partial charge in [0.15, 0.2) is 0 Å². The summed E-state index contributed by atoms with van der Waals surface area (Å²) in [5.41, 5.74) is 1.13. The first kappa shape index (κ1) is 19.0. The Morgan fingerprint density at radius 2 is 1.70 bits per heavy atom. The number of hydrogen-bond acceptors (Lipinski definition) is 5. The van der Waals surface area contributed by atoms with Gasteiger partial charge in [0.2, 0.25) is 11.8 Å². The van der Waals surface area contributed by atoms with Crippen LogP contribution in [0.5, 0.6) is 0 Å². The highest BCUT2D eigenvalue weighted by molar-refractivity contribution is 5.93. The van der Waals surface area contributed by atoms with Gasteiger partial charge < -0.3 is 15.7 Å². The van der Waals surface area contributed by atoms with Crippen molar-refractivity contribution in [1.29, 1.82) is 0 Å². The molecular weight excluding hydrogens is 344 g/mol. The second-order valence-electron chi connectivity index (χ2n) is 6.83. The Labute approximate surface area is 158 Å². The van der Waals surface area contributed by atoms with Crippen LogP contribution in [0.4, 0.5) is 11.4 Å². The van der Waals surface area contributed by atoms with Gasteiger partial charge in [-0.05, 0) is 49.2 Å². The van der Waals surface area contributed by atoms with Crippen LogP contribution in [-0.2, 0) is 15.2 Å². The molecule has 0 unspecified atom stereocenters. The van der Waals surface area contributed by atoms with Gasteiger partial charge in [0, 0.05) is 37.6 Å². The van der Waals surface area contributed by atoms with Gasteiger partial charge in [-0.2, -0.15) is 0 Å². The van der Waals surface area contributed by atoms with Crippen LogP contribution in [0.15, 0.2) is 48.7 Å². The zero-order valence-electron chi connectivity index (χ0n) is 15.3. The molecule has 1 fully saturated rings. The average molecular weight is 368 g/mol. The Hall–Kier alpha value is -2.77. The van der Waals surface area contributed by atoms with E-state index in [-0.39, 0.29) is 18.4 Å². The van der Waals surface area contributed by atoms with Crippen molar-refractivity contribution >= 4 is 23.2 Å². The predicted octanol–water partition coefficient (Wildman–Crippen LogP) is 1.96. The minimum Gasteiger partial charge on any atom is -0.383 e. The summed E-state index contributed by atoms with van der Waals surface area (Å²) in [6.07, 6.45) is 2.77. The molecule has 0 saturated carbocycles. The number of rotatable bonds is 5. The lowest BCUT2D eigenvalue weighted by Crippen LogP contribution is -2.45. The van der Waals surface area contributed by atoms with Crippen molar-refractivity contribution in [2.75, 3.05) is 30.3 Å². The van der Waals surface area contributed by atoms with E-state index in [9.17, 15) is 14.7 Å². The highest BCUT2D eigenvalue weighted by atomic mass is 16.3. The topological polar surface area (TPSA) is 94.6 Å². The maximum Gasteiger partial charge on any atom is 0.238 e. The van der Waals surface area contributed by atoms with Gasteiger partial charge in [-0.25, -0.2) is 0 Å². The third-order valence-corrected chi connectivity index (χ3v) is 4.68. The van der Waals surface area contributed by atoms with Gasteiger partial charge in [0.05, 0.1) is 12.2 Å². The largest absolute Gasteiger partial charge is 0.383 e. The first-order valence-corrected chi connectivity index (χ1v) is 8.98. The van der Waals surface area contributed by atoms with Crippen molar-refractivity contribution in [2.24, 2.45) is 0 Å². The molecular formula is C20H24N4O3. The molecule has 0 atom stereocenters. The summed E-state index contributed by atoms with van der Waals surface area (Å²) >= 11 is 0. The molecule has 1 saturated heterocycles. The Balaban J connectivity index is 1.49. The summed E-state index contributed by atoms with van der Waals surface area (Å²) < 4.78 is 0. The van der Waals surface area contributed by atoms with Gasteiger partial charge >= 0.3 is 0 Å². The minimum atomic E-state index is -0.923. The van der Waals surface area contributed by atoms with Crippen LogP contribution in [-0.4, -0.2) is 46.4 Å². The number of aromatic nitrogens is 1. The molecule has 142 valence electrons. The van der Waals surface area contributed by atoms with E-state index in [0.717, 1.165) is 0 Å². The monoisotopic (exact) mass is 368 g/mol. The summed E-state index contributed by atoms with van der Waals surface area (Å²) in [5.74, 6) is -0.243. The van der Waals surface area contributed by atoms with Crippen LogP contribution in [0.3, 0.4) is 0 Å². The Morgan fingerprint density at radius 3 is 2.26 bits per heavy atom. The molecule has 1 aromatic heterocycles. The summed E-state index contributed by atoms with van der Waals surface area (Å²) in [4.78, 5) is 29.6. The molecule has 3 rings (SSSR count). The van der Waals surface area contributed by atoms with E-state index in [1.807, 2.05) is 23.1 Å². The van der Waals surface area contributed by atoms with Crippen LogP contribution >= 0.6 is 0 Å². The van der Waals surface area contributed by atoms with Crippen LogP contribution in [0, 0.1) is 0 Å². The summed E-state index contributed by atoms with van der Waals surface area (Å²) in [6.45, 7) is 2.97. The van der Waals surface area contributed by atoms with Crippen molar-refractivity contribution in [2.45, 2.75) is 25.4 Å². The van der Waals surface area contributed by atoms with Crippen LogP contribution in [0.2, 0.25) is 0 Å². The Bertz CT molecular complexity index is 785. The molecule has 27 heavy (non-hydrogen) atoms. The molecule has 1 aromatic carbocycles. The molecule has 7 heteroatoms. The van der Waals surface area contributed by atoms with E-state index in [1.54, 1.807) is 30.5 Å². The molecule has 0 bridgehead atoms. The maximum absolute atomic E-state index is 12.3. The fourth-order valence-electron chi connectivity index (χ4n) is 3.22. The van der Waals surface area contributed by atoms with Gasteiger partial charge in [-0.1, -0.05) is 6.07 Å². The molecule has 1 aliphatic rings. The zero-order valence-corrected chi connectivity index (χ0v) is 15.3. The van der Waals surface area contributed by atoms with E-state index in [1.165, 1.54) is 6.92 Å². The van der Waals surface area contributed by atoms with Crippen molar-refractivity contribution in [3.63, 3.8) is 0 Å². The molecule has 0 spiro atoms. The predicted molar refractivity (Wildman–Crippen MR) is 103 cm³/mol. The van der Waals surface area contributed by atoms with Crippen molar-refractivity contribution in [3.8, 4) is 0 Å². The SMILES string of the molecule is CC(=O)Nc1ccc(NC(=O)CN2CCC(O)(c3ccccn3)CC2)cc1. The van der Waals surface area contributed by atoms with Crippen molar-refractivity contribution in [3.05, 3.63) is 54.4 Å². The van der Waals surface area contributed by atoms with Crippen LogP contribution in [0.1, 0.15) is 25.5 Å². The fourth-order valence-corrected chi connectivity index (χ4v) is 3.22. The summed E-state index contributed by atoms with van der Waals surface area (Å²) in [7, 11) is 0. The number of pyridine rings is 1. The van der Waals surface area contributed by atoms with Gasteiger partial charge in [0.25, 0.3) is 0 Å². The first-order chi connectivity index (χ1) is 12.9. The molecule has 2 amide bonds. The maximum atomic E-state index is 12.3. The molecule has 7 nitrogen and oxygen atoms in total. The van der Waals surface area contributed by atoms with E-state index in [2.05, 4.69) is 15.6 Å². The number of carbonyl (C=O) groups is 2. The third kappa shape index (κ3) is 5.12. The number of piperidine rings is 1. The van der Waals surface area contributed by atoms with Gasteiger partial charge in [0.1, 0.15) is 5.60 Å². The highest BCUT2D eigenvalue weighted by Crippen LogP contribution is 2.31. The standard InChI is InChI=1S/C20H24N4O3/c1-15(25)22-16-5-7-17(8-6-16)23-19(26)14-24-12-9-20(27,10-13-24)18-4-2-3-11-21-18/h2-8,11,27H,9-10,12-14H2,1H3,(H,22,25)(H,23,26). The number of anilines is 2. The minimum absolute atomic E-state index is 0.106. The second-order valence-corrected chi connectivity index (χ2v) is 6.83. The lowest BCUT2D eigenvalue weighted by molar-refractivity contribution is -0.118. The molecule has 2 aromatic rings. The van der Waals surface area contributed by atoms with Crippen molar-refractivity contribution < 1.29 is 14.7 Å². The Morgan fingerprint density at radius 1 is 1.07 bits per heavy atom. The molecule has 2 heterocycles. The number of amides is 2. The molecule has 1 aliphatic heterocycles. The normalized spacial score (nSPS) is 16.5. The number of nitrogens with one attached hydrogen (secondary N) is 2. The van der Waals surface area contributed by atoms with Crippen molar-refractivity contribution in [1.82, 2.24) is 9.88 Å². The number of carbonyl (C=O) groups excluding carboxylic acids is 2. The Kier molecular flexibility index (Phi) is 5.83. The molecule has 3 N–H and O–H groups in total. The van der Waals surface area contributed by atoms with E-state index < -0.39 is 5.60 Å². The number of aliphatic hydroxyl groups is 1. The fraction of sp³-hybridized carbons (Fsp3) is 0.350. The summed E-state index contributed by atoms with van der Waals surface area (Å²) in [5, 5.41) is 16.3. The van der Waals surface area contributed by atoms with E-state index in [4.69, 9.17) is 0 Å².